The normalized spacial score (nSPS) is 10.9. The van der Waals surface area contributed by atoms with E-state index in [1.807, 2.05) is 48.5 Å². The summed E-state index contributed by atoms with van der Waals surface area (Å²) in [6.07, 6.45) is 0.718. The smallest absolute Gasteiger partial charge is 0.252 e. The summed E-state index contributed by atoms with van der Waals surface area (Å²) in [5.41, 5.74) is 4.02. The Balaban J connectivity index is 1.83. The van der Waals surface area contributed by atoms with Gasteiger partial charge in [-0.25, -0.2) is 4.98 Å². The van der Waals surface area contributed by atoms with E-state index in [0.717, 1.165) is 23.2 Å². The lowest BCUT2D eigenvalue weighted by Gasteiger charge is -2.12. The molecule has 0 unspecified atom stereocenters. The molecule has 0 aliphatic heterocycles. The fourth-order valence-electron chi connectivity index (χ4n) is 3.67. The molecule has 0 radical (unpaired) electrons. The summed E-state index contributed by atoms with van der Waals surface area (Å²) in [5.74, 6) is 0.998. The van der Waals surface area contributed by atoms with Gasteiger partial charge in [0.25, 0.3) is 5.91 Å². The number of nitrogens with zero attached hydrogens (tertiary/aromatic N) is 2. The van der Waals surface area contributed by atoms with Crippen LogP contribution >= 0.6 is 0 Å². The van der Waals surface area contributed by atoms with Gasteiger partial charge in [-0.2, -0.15) is 5.10 Å². The van der Waals surface area contributed by atoms with Gasteiger partial charge in [-0.3, -0.25) is 9.89 Å². The number of aromatic nitrogens is 3. The molecule has 4 rings (SSSR count). The maximum atomic E-state index is 13.2. The Morgan fingerprint density at radius 2 is 1.76 bits per heavy atom. The molecule has 33 heavy (non-hydrogen) atoms. The third-order valence-corrected chi connectivity index (χ3v) is 5.32. The number of fused-ring (bicyclic) bond motifs is 1. The Morgan fingerprint density at radius 1 is 0.970 bits per heavy atom. The van der Waals surface area contributed by atoms with Gasteiger partial charge in [0.2, 0.25) is 0 Å². The molecule has 0 spiro atoms. The highest BCUT2D eigenvalue weighted by Gasteiger charge is 2.20. The first-order valence-electron chi connectivity index (χ1n) is 10.6. The molecule has 0 aliphatic rings. The van der Waals surface area contributed by atoms with Crippen LogP contribution < -0.4 is 14.8 Å². The molecule has 0 saturated carbocycles. The van der Waals surface area contributed by atoms with E-state index in [4.69, 9.17) is 19.2 Å². The summed E-state index contributed by atoms with van der Waals surface area (Å²) < 4.78 is 15.9. The van der Waals surface area contributed by atoms with Gasteiger partial charge in [-0.05, 0) is 30.7 Å². The quantitative estimate of drug-likeness (QED) is 0.376. The second kappa shape index (κ2) is 10.1. The monoisotopic (exact) mass is 446 g/mol. The van der Waals surface area contributed by atoms with Crippen molar-refractivity contribution in [3.63, 3.8) is 0 Å². The minimum absolute atomic E-state index is 0.196. The number of ether oxygens (including phenoxy) is 3. The topological polar surface area (TPSA) is 98.4 Å². The maximum absolute atomic E-state index is 13.2. The number of pyridine rings is 1. The molecule has 2 heterocycles. The third kappa shape index (κ3) is 4.65. The summed E-state index contributed by atoms with van der Waals surface area (Å²) in [4.78, 5) is 18.0. The zero-order valence-corrected chi connectivity index (χ0v) is 18.8. The number of carbonyl (C=O) groups excluding carboxylic acids is 1. The highest BCUT2D eigenvalue weighted by molar-refractivity contribution is 6.11. The summed E-state index contributed by atoms with van der Waals surface area (Å²) in [6, 6.07) is 17.1. The van der Waals surface area contributed by atoms with E-state index < -0.39 is 0 Å². The van der Waals surface area contributed by atoms with Crippen molar-refractivity contribution in [2.45, 2.75) is 6.42 Å². The number of methoxy groups -OCH3 is 3. The van der Waals surface area contributed by atoms with Crippen LogP contribution in [0, 0.1) is 0 Å². The Bertz CT molecular complexity index is 1250. The van der Waals surface area contributed by atoms with Crippen LogP contribution in [0.2, 0.25) is 0 Å². The van der Waals surface area contributed by atoms with E-state index in [1.54, 1.807) is 27.4 Å². The zero-order valence-electron chi connectivity index (χ0n) is 18.8. The van der Waals surface area contributed by atoms with E-state index in [0.29, 0.717) is 46.9 Å². The number of hydrogen-bond acceptors (Lipinski definition) is 6. The largest absolute Gasteiger partial charge is 0.493 e. The van der Waals surface area contributed by atoms with E-state index in [-0.39, 0.29) is 5.91 Å². The Morgan fingerprint density at radius 3 is 2.48 bits per heavy atom. The molecule has 0 saturated heterocycles. The van der Waals surface area contributed by atoms with Gasteiger partial charge < -0.3 is 19.5 Å². The average Bonchev–Trinajstić information content (AvgIpc) is 3.30. The number of hydrogen-bond donors (Lipinski definition) is 2. The van der Waals surface area contributed by atoms with Crippen molar-refractivity contribution >= 4 is 16.9 Å². The van der Waals surface area contributed by atoms with Crippen molar-refractivity contribution in [3.05, 3.63) is 60.2 Å². The molecule has 2 N–H and O–H groups in total. The number of amides is 1. The highest BCUT2D eigenvalue weighted by Crippen LogP contribution is 2.35. The van der Waals surface area contributed by atoms with Crippen molar-refractivity contribution in [1.29, 1.82) is 0 Å². The molecular formula is C25H26N4O4. The van der Waals surface area contributed by atoms with Gasteiger partial charge in [0.05, 0.1) is 36.6 Å². The van der Waals surface area contributed by atoms with Crippen LogP contribution in [-0.2, 0) is 4.74 Å². The molecule has 8 heteroatoms. The zero-order chi connectivity index (χ0) is 23.2. The molecule has 170 valence electrons. The van der Waals surface area contributed by atoms with Crippen LogP contribution in [0.25, 0.3) is 33.5 Å². The van der Waals surface area contributed by atoms with Crippen LogP contribution in [-0.4, -0.2) is 55.6 Å². The average molecular weight is 447 g/mol. The van der Waals surface area contributed by atoms with E-state index in [1.165, 1.54) is 0 Å². The molecule has 0 aliphatic carbocycles. The van der Waals surface area contributed by atoms with Gasteiger partial charge in [-0.1, -0.05) is 30.3 Å². The van der Waals surface area contributed by atoms with E-state index >= 15 is 0 Å². The molecule has 4 aromatic rings. The molecule has 8 nitrogen and oxygen atoms in total. The predicted octanol–water partition coefficient (Wildman–Crippen LogP) is 4.08. The fraction of sp³-hybridized carbons (Fsp3) is 0.240. The molecule has 2 aromatic carbocycles. The van der Waals surface area contributed by atoms with Crippen LogP contribution in [0.4, 0.5) is 0 Å². The molecule has 2 aromatic heterocycles. The first kappa shape index (κ1) is 22.3. The standard InChI is InChI=1S/C25H26N4O4/c1-31-13-7-12-26-25(30)18-15-19(17-10-11-20(32-2)21(14-17)33-3)27-24-22(18)23(28-29-24)16-8-5-4-6-9-16/h4-6,8-11,14-15H,7,12-13H2,1-3H3,(H,26,30)(H,27,28,29). The molecular weight excluding hydrogens is 420 g/mol. The van der Waals surface area contributed by atoms with Crippen molar-refractivity contribution in [2.24, 2.45) is 0 Å². The molecule has 0 fully saturated rings. The fourth-order valence-corrected chi connectivity index (χ4v) is 3.67. The van der Waals surface area contributed by atoms with Crippen LogP contribution in [0.15, 0.2) is 54.6 Å². The SMILES string of the molecule is COCCCNC(=O)c1cc(-c2ccc(OC)c(OC)c2)nc2n[nH]c(-c3ccccc3)c12. The van der Waals surface area contributed by atoms with Gasteiger partial charge in [0.1, 0.15) is 0 Å². The second-order valence-corrected chi connectivity index (χ2v) is 7.39. The predicted molar refractivity (Wildman–Crippen MR) is 127 cm³/mol. The van der Waals surface area contributed by atoms with Gasteiger partial charge >= 0.3 is 0 Å². The minimum Gasteiger partial charge on any atom is -0.493 e. The lowest BCUT2D eigenvalue weighted by molar-refractivity contribution is 0.0950. The number of H-pyrrole nitrogens is 1. The second-order valence-electron chi connectivity index (χ2n) is 7.39. The summed E-state index contributed by atoms with van der Waals surface area (Å²) >= 11 is 0. The van der Waals surface area contributed by atoms with Crippen molar-refractivity contribution in [1.82, 2.24) is 20.5 Å². The summed E-state index contributed by atoms with van der Waals surface area (Å²) in [7, 11) is 4.81. The van der Waals surface area contributed by atoms with Crippen molar-refractivity contribution in [2.75, 3.05) is 34.5 Å². The summed E-state index contributed by atoms with van der Waals surface area (Å²) in [6.45, 7) is 1.07. The number of rotatable bonds is 9. The Labute approximate surface area is 191 Å². The molecule has 0 atom stereocenters. The van der Waals surface area contributed by atoms with Crippen molar-refractivity contribution < 1.29 is 19.0 Å². The van der Waals surface area contributed by atoms with Crippen LogP contribution in [0.5, 0.6) is 11.5 Å². The minimum atomic E-state index is -0.196. The number of carbonyl (C=O) groups is 1. The number of aromatic amines is 1. The maximum Gasteiger partial charge on any atom is 0.252 e. The molecule has 1 amide bonds. The highest BCUT2D eigenvalue weighted by atomic mass is 16.5. The summed E-state index contributed by atoms with van der Waals surface area (Å²) in [5, 5.41) is 11.1. The van der Waals surface area contributed by atoms with E-state index in [2.05, 4.69) is 15.5 Å². The first-order chi connectivity index (χ1) is 16.2. The lowest BCUT2D eigenvalue weighted by atomic mass is 10.0. The van der Waals surface area contributed by atoms with Gasteiger partial charge in [-0.15, -0.1) is 0 Å². The Hall–Kier alpha value is -3.91. The van der Waals surface area contributed by atoms with E-state index in [9.17, 15) is 4.79 Å². The molecule has 0 bridgehead atoms. The number of nitrogens with one attached hydrogen (secondary N) is 2. The first-order valence-corrected chi connectivity index (χ1v) is 10.6. The van der Waals surface area contributed by atoms with Crippen LogP contribution in [0.1, 0.15) is 16.8 Å². The van der Waals surface area contributed by atoms with Gasteiger partial charge in [0, 0.05) is 31.4 Å². The number of benzene rings is 2. The van der Waals surface area contributed by atoms with Crippen molar-refractivity contribution in [3.8, 4) is 34.0 Å². The third-order valence-electron chi connectivity index (χ3n) is 5.32. The van der Waals surface area contributed by atoms with Gasteiger partial charge in [0.15, 0.2) is 17.1 Å². The van der Waals surface area contributed by atoms with Crippen LogP contribution in [0.3, 0.4) is 0 Å². The lowest BCUT2D eigenvalue weighted by Crippen LogP contribution is -2.25. The Kier molecular flexibility index (Phi) is 6.85.